The molecule has 0 saturated carbocycles. The van der Waals surface area contributed by atoms with Crippen LogP contribution in [0.3, 0.4) is 0 Å². The van der Waals surface area contributed by atoms with Crippen LogP contribution in [0.2, 0.25) is 0 Å². The lowest BCUT2D eigenvalue weighted by molar-refractivity contribution is -0.163. The second kappa shape index (κ2) is 7.03. The van der Waals surface area contributed by atoms with Crippen LogP contribution in [0, 0.1) is 5.82 Å². The first-order valence-electron chi connectivity index (χ1n) is 7.89. The van der Waals surface area contributed by atoms with Gasteiger partial charge < -0.3 is 4.90 Å². The molecule has 1 amide bonds. The van der Waals surface area contributed by atoms with Gasteiger partial charge in [0.15, 0.2) is 0 Å². The Bertz CT molecular complexity index is 824. The van der Waals surface area contributed by atoms with Crippen molar-refractivity contribution in [1.29, 1.82) is 0 Å². The van der Waals surface area contributed by atoms with Crippen molar-refractivity contribution < 1.29 is 18.4 Å². The molecule has 130 valence electrons. The zero-order chi connectivity index (χ0) is 18.0. The lowest BCUT2D eigenvalue weighted by Crippen LogP contribution is -2.31. The van der Waals surface area contributed by atoms with E-state index in [0.29, 0.717) is 23.4 Å². The molecule has 0 N–H and O–H groups in total. The summed E-state index contributed by atoms with van der Waals surface area (Å²) in [5.74, 6) is -1.47. The molecule has 1 aromatic rings. The number of likely N-dealkylation sites (N-methyl/N-ethyl adjacent to an activating group) is 1. The molecule has 2 aliphatic heterocycles. The van der Waals surface area contributed by atoms with Gasteiger partial charge >= 0.3 is 0 Å². The molecule has 0 spiro atoms. The summed E-state index contributed by atoms with van der Waals surface area (Å²) in [4.78, 5) is 19.2. The number of amides is 1. The van der Waals surface area contributed by atoms with Gasteiger partial charge in [-0.25, -0.2) is 13.8 Å². The van der Waals surface area contributed by atoms with Gasteiger partial charge in [0.1, 0.15) is 11.6 Å². The smallest absolute Gasteiger partial charge is 0.279 e. The summed E-state index contributed by atoms with van der Waals surface area (Å²) in [6.45, 7) is 0. The Labute approximate surface area is 144 Å². The van der Waals surface area contributed by atoms with Gasteiger partial charge in [0.2, 0.25) is 0 Å². The highest BCUT2D eigenvalue weighted by Crippen LogP contribution is 2.38. The Hall–Kier alpha value is -2.73. The maximum Gasteiger partial charge on any atom is 0.279 e. The van der Waals surface area contributed by atoms with Gasteiger partial charge in [-0.1, -0.05) is 24.3 Å². The summed E-state index contributed by atoms with van der Waals surface area (Å²) in [6.07, 6.45) is 7.99. The average Bonchev–Trinajstić information content (AvgIpc) is 2.86. The molecule has 2 aliphatic rings. The first-order chi connectivity index (χ1) is 12.0. The van der Waals surface area contributed by atoms with E-state index in [9.17, 15) is 13.6 Å². The summed E-state index contributed by atoms with van der Waals surface area (Å²) in [5, 5.41) is 1.01. The molecule has 4 nitrogen and oxygen atoms in total. The quantitative estimate of drug-likeness (QED) is 0.779. The number of fused-ring (bicyclic) bond motifs is 1. The lowest BCUT2D eigenvalue weighted by atomic mass is 9.99. The predicted octanol–water partition coefficient (Wildman–Crippen LogP) is 3.92. The van der Waals surface area contributed by atoms with Crippen molar-refractivity contribution in [1.82, 2.24) is 9.96 Å². The molecule has 0 unspecified atom stereocenters. The van der Waals surface area contributed by atoms with E-state index in [1.165, 1.54) is 32.4 Å². The van der Waals surface area contributed by atoms with Crippen LogP contribution in [0.1, 0.15) is 18.4 Å². The number of nitrogens with zero attached hydrogens (tertiary/aromatic N) is 2. The minimum Gasteiger partial charge on any atom is -0.314 e. The first-order valence-corrected chi connectivity index (χ1v) is 7.89. The number of rotatable bonds is 3. The number of halogens is 2. The summed E-state index contributed by atoms with van der Waals surface area (Å²) in [6, 6.07) is 5.88. The molecule has 6 heteroatoms. The summed E-state index contributed by atoms with van der Waals surface area (Å²) in [5.41, 5.74) is 1.34. The largest absolute Gasteiger partial charge is 0.314 e. The van der Waals surface area contributed by atoms with E-state index in [1.54, 1.807) is 29.3 Å². The molecular formula is C19H18F2N2O2. The third-order valence-electron chi connectivity index (χ3n) is 4.09. The lowest BCUT2D eigenvalue weighted by Gasteiger charge is -2.31. The standard InChI is InChI=1S/C19H18F2N2O2/c1-22(25-2)19(24)15-12-16(21)17-9-4-3-5-10-23(17)18(15)13-7-6-8-14(20)11-13/h5-12H,3-4H2,1-2H3. The minimum absolute atomic E-state index is 0.0937. The van der Waals surface area contributed by atoms with Crippen molar-refractivity contribution in [2.24, 2.45) is 0 Å². The maximum absolute atomic E-state index is 14.6. The highest BCUT2D eigenvalue weighted by Gasteiger charge is 2.31. The van der Waals surface area contributed by atoms with Crippen molar-refractivity contribution in [3.8, 4) is 0 Å². The number of hydroxylamine groups is 2. The molecule has 25 heavy (non-hydrogen) atoms. The van der Waals surface area contributed by atoms with Gasteiger partial charge in [0.25, 0.3) is 5.91 Å². The van der Waals surface area contributed by atoms with Crippen LogP contribution in [0.25, 0.3) is 5.70 Å². The fourth-order valence-corrected chi connectivity index (χ4v) is 2.83. The molecule has 0 atom stereocenters. The number of hydrogen-bond donors (Lipinski definition) is 0. The molecule has 2 heterocycles. The topological polar surface area (TPSA) is 32.8 Å². The second-order valence-corrected chi connectivity index (χ2v) is 5.67. The zero-order valence-electron chi connectivity index (χ0n) is 14.0. The van der Waals surface area contributed by atoms with Crippen LogP contribution in [0.5, 0.6) is 0 Å². The number of benzene rings is 1. The Morgan fingerprint density at radius 2 is 2.08 bits per heavy atom. The van der Waals surface area contributed by atoms with Crippen LogP contribution >= 0.6 is 0 Å². The zero-order valence-corrected chi connectivity index (χ0v) is 14.0. The monoisotopic (exact) mass is 344 g/mol. The van der Waals surface area contributed by atoms with Crippen molar-refractivity contribution in [2.45, 2.75) is 12.8 Å². The Balaban J connectivity index is 2.26. The van der Waals surface area contributed by atoms with E-state index in [4.69, 9.17) is 4.84 Å². The normalized spacial score (nSPS) is 16.9. The fourth-order valence-electron chi connectivity index (χ4n) is 2.83. The molecule has 0 saturated heterocycles. The molecule has 0 fully saturated rings. The molecule has 0 aliphatic carbocycles. The van der Waals surface area contributed by atoms with E-state index in [0.717, 1.165) is 11.5 Å². The van der Waals surface area contributed by atoms with Crippen molar-refractivity contribution in [2.75, 3.05) is 14.2 Å². The number of allylic oxidation sites excluding steroid dienone is 3. The molecule has 0 radical (unpaired) electrons. The molecule has 0 aromatic heterocycles. The second-order valence-electron chi connectivity index (χ2n) is 5.67. The van der Waals surface area contributed by atoms with Gasteiger partial charge in [-0.2, -0.15) is 0 Å². The summed E-state index contributed by atoms with van der Waals surface area (Å²) >= 11 is 0. The van der Waals surface area contributed by atoms with Crippen LogP contribution < -0.4 is 0 Å². The van der Waals surface area contributed by atoms with Crippen LogP contribution in [0.15, 0.2) is 65.8 Å². The van der Waals surface area contributed by atoms with Crippen molar-refractivity contribution in [3.05, 3.63) is 77.2 Å². The van der Waals surface area contributed by atoms with Gasteiger partial charge in [-0.05, 0) is 31.1 Å². The minimum atomic E-state index is -0.520. The number of carbonyl (C=O) groups is 1. The third-order valence-corrected chi connectivity index (χ3v) is 4.09. The van der Waals surface area contributed by atoms with Crippen molar-refractivity contribution in [3.63, 3.8) is 0 Å². The molecule has 3 rings (SSSR count). The first kappa shape index (κ1) is 17.1. The van der Waals surface area contributed by atoms with E-state index in [-0.39, 0.29) is 5.57 Å². The molecule has 1 aromatic carbocycles. The SMILES string of the molecule is CON(C)C(=O)C1=C(c2cccc(F)c2)N2C=CCCC=C2C(F)=C1. The molecular weight excluding hydrogens is 326 g/mol. The fraction of sp³-hybridized carbons (Fsp3) is 0.211. The van der Waals surface area contributed by atoms with E-state index in [2.05, 4.69) is 0 Å². The van der Waals surface area contributed by atoms with Crippen molar-refractivity contribution >= 4 is 11.6 Å². The highest BCUT2D eigenvalue weighted by atomic mass is 19.1. The Morgan fingerprint density at radius 1 is 1.28 bits per heavy atom. The highest BCUT2D eigenvalue weighted by molar-refractivity contribution is 6.04. The van der Waals surface area contributed by atoms with Crippen LogP contribution in [0.4, 0.5) is 8.78 Å². The third kappa shape index (κ3) is 3.25. The van der Waals surface area contributed by atoms with E-state index >= 15 is 0 Å². The van der Waals surface area contributed by atoms with E-state index in [1.807, 2.05) is 6.08 Å². The predicted molar refractivity (Wildman–Crippen MR) is 90.6 cm³/mol. The van der Waals surface area contributed by atoms with Gasteiger partial charge in [-0.15, -0.1) is 0 Å². The Morgan fingerprint density at radius 3 is 2.80 bits per heavy atom. The maximum atomic E-state index is 14.6. The Kier molecular flexibility index (Phi) is 4.81. The summed E-state index contributed by atoms with van der Waals surface area (Å²) < 4.78 is 28.4. The van der Waals surface area contributed by atoms with Gasteiger partial charge in [0.05, 0.1) is 24.1 Å². The van der Waals surface area contributed by atoms with Gasteiger partial charge in [0, 0.05) is 18.8 Å². The van der Waals surface area contributed by atoms with Gasteiger partial charge in [-0.3, -0.25) is 9.63 Å². The van der Waals surface area contributed by atoms with Crippen LogP contribution in [-0.2, 0) is 9.63 Å². The van der Waals surface area contributed by atoms with E-state index < -0.39 is 17.6 Å². The summed E-state index contributed by atoms with van der Waals surface area (Å²) in [7, 11) is 2.79. The number of hydrogen-bond acceptors (Lipinski definition) is 3. The average molecular weight is 344 g/mol. The molecule has 0 bridgehead atoms. The number of carbonyl (C=O) groups excluding carboxylic acids is 1. The van der Waals surface area contributed by atoms with Crippen LogP contribution in [-0.4, -0.2) is 30.0 Å².